The summed E-state index contributed by atoms with van der Waals surface area (Å²) in [4.78, 5) is 14.9. The summed E-state index contributed by atoms with van der Waals surface area (Å²) in [5.74, 6) is 0.744. The Bertz CT molecular complexity index is 1010. The van der Waals surface area contributed by atoms with Gasteiger partial charge in [0, 0.05) is 37.9 Å². The Morgan fingerprint density at radius 2 is 1.70 bits per heavy atom. The van der Waals surface area contributed by atoms with Crippen LogP contribution in [0.5, 0.6) is 5.75 Å². The highest BCUT2D eigenvalue weighted by atomic mass is 16.5. The normalized spacial score (nSPS) is 14.2. The molecule has 0 unspecified atom stereocenters. The fourth-order valence-corrected chi connectivity index (χ4v) is 4.09. The smallest absolute Gasteiger partial charge is 0.251 e. The second kappa shape index (κ2) is 11.6. The van der Waals surface area contributed by atoms with E-state index in [4.69, 9.17) is 9.47 Å². The third kappa shape index (κ3) is 6.67. The van der Waals surface area contributed by atoms with Crippen LogP contribution in [0.25, 0.3) is 11.1 Å². The maximum atomic E-state index is 12.6. The fourth-order valence-electron chi connectivity index (χ4n) is 4.09. The molecule has 5 nitrogen and oxygen atoms in total. The lowest BCUT2D eigenvalue weighted by Gasteiger charge is -2.31. The minimum absolute atomic E-state index is 0.0842. The van der Waals surface area contributed by atoms with E-state index in [0.717, 1.165) is 55.0 Å². The summed E-state index contributed by atoms with van der Waals surface area (Å²) in [5.41, 5.74) is 3.90. The van der Waals surface area contributed by atoms with E-state index in [1.807, 2.05) is 66.7 Å². The number of carbonyl (C=O) groups excluding carboxylic acids is 1. The maximum Gasteiger partial charge on any atom is 0.251 e. The first-order valence-electron chi connectivity index (χ1n) is 11.6. The third-order valence-electron chi connectivity index (χ3n) is 6.13. The van der Waals surface area contributed by atoms with Gasteiger partial charge in [0.1, 0.15) is 12.4 Å². The molecule has 0 spiro atoms. The topological polar surface area (TPSA) is 50.8 Å². The molecular formula is C28H32N2O3. The number of hydrogen-bond acceptors (Lipinski definition) is 4. The molecule has 0 saturated carbocycles. The molecule has 3 aromatic rings. The number of rotatable bonds is 9. The highest BCUT2D eigenvalue weighted by molar-refractivity contribution is 5.94. The molecule has 3 aromatic carbocycles. The Hall–Kier alpha value is -3.15. The van der Waals surface area contributed by atoms with E-state index < -0.39 is 0 Å². The fraction of sp³-hybridized carbons (Fsp3) is 0.321. The van der Waals surface area contributed by atoms with Crippen LogP contribution in [0.4, 0.5) is 0 Å². The molecule has 33 heavy (non-hydrogen) atoms. The zero-order valence-corrected chi connectivity index (χ0v) is 19.2. The molecular weight excluding hydrogens is 412 g/mol. The number of likely N-dealkylation sites (N-methyl/N-ethyl adjacent to an activating group) is 1. The molecule has 172 valence electrons. The minimum Gasteiger partial charge on any atom is -0.492 e. The third-order valence-corrected chi connectivity index (χ3v) is 6.13. The van der Waals surface area contributed by atoms with Gasteiger partial charge in [-0.25, -0.2) is 0 Å². The molecule has 1 fully saturated rings. The van der Waals surface area contributed by atoms with Crippen molar-refractivity contribution in [1.82, 2.24) is 10.2 Å². The van der Waals surface area contributed by atoms with Crippen molar-refractivity contribution >= 4 is 5.91 Å². The Morgan fingerprint density at radius 1 is 0.970 bits per heavy atom. The summed E-state index contributed by atoms with van der Waals surface area (Å²) in [7, 11) is 2.15. The average molecular weight is 445 g/mol. The minimum atomic E-state index is -0.0842. The lowest BCUT2D eigenvalue weighted by Crippen LogP contribution is -2.38. The van der Waals surface area contributed by atoms with Gasteiger partial charge in [0.2, 0.25) is 0 Å². The first-order chi connectivity index (χ1) is 16.2. The molecule has 1 amide bonds. The second-order valence-corrected chi connectivity index (χ2v) is 8.45. The second-order valence-electron chi connectivity index (χ2n) is 8.45. The Labute approximate surface area is 196 Å². The van der Waals surface area contributed by atoms with E-state index >= 15 is 0 Å². The van der Waals surface area contributed by atoms with Crippen molar-refractivity contribution in [3.8, 4) is 16.9 Å². The number of nitrogens with zero attached hydrogens (tertiary/aromatic N) is 1. The van der Waals surface area contributed by atoms with Gasteiger partial charge in [-0.2, -0.15) is 0 Å². The molecule has 0 bridgehead atoms. The number of benzene rings is 3. The van der Waals surface area contributed by atoms with Crippen LogP contribution >= 0.6 is 0 Å². The Morgan fingerprint density at radius 3 is 2.45 bits per heavy atom. The van der Waals surface area contributed by atoms with E-state index in [1.165, 1.54) is 0 Å². The summed E-state index contributed by atoms with van der Waals surface area (Å²) in [6.45, 7) is 3.67. The maximum absolute atomic E-state index is 12.6. The first kappa shape index (κ1) is 23.0. The van der Waals surface area contributed by atoms with Crippen LogP contribution in [0, 0.1) is 0 Å². The van der Waals surface area contributed by atoms with Gasteiger partial charge in [0.05, 0.1) is 0 Å². The molecule has 1 N–H and O–H groups in total. The van der Waals surface area contributed by atoms with E-state index in [2.05, 4.69) is 29.4 Å². The van der Waals surface area contributed by atoms with Gasteiger partial charge in [0.25, 0.3) is 5.91 Å². The van der Waals surface area contributed by atoms with E-state index in [-0.39, 0.29) is 5.91 Å². The van der Waals surface area contributed by atoms with Crippen molar-refractivity contribution in [2.75, 3.05) is 33.4 Å². The molecule has 1 aliphatic rings. The zero-order valence-electron chi connectivity index (χ0n) is 19.2. The van der Waals surface area contributed by atoms with Crippen LogP contribution in [0.3, 0.4) is 0 Å². The van der Waals surface area contributed by atoms with Gasteiger partial charge < -0.3 is 14.8 Å². The lowest BCUT2D eigenvalue weighted by molar-refractivity contribution is 0.0392. The average Bonchev–Trinajstić information content (AvgIpc) is 2.88. The number of carbonyl (C=O) groups is 1. The Balaban J connectivity index is 1.24. The van der Waals surface area contributed by atoms with E-state index in [1.54, 1.807) is 0 Å². The molecule has 1 aliphatic heterocycles. The van der Waals surface area contributed by atoms with Crippen molar-refractivity contribution in [1.29, 1.82) is 0 Å². The van der Waals surface area contributed by atoms with Crippen molar-refractivity contribution in [3.05, 3.63) is 90.0 Å². The summed E-state index contributed by atoms with van der Waals surface area (Å²) in [5, 5.41) is 3.00. The largest absolute Gasteiger partial charge is 0.492 e. The van der Waals surface area contributed by atoms with Crippen LogP contribution in [0.2, 0.25) is 0 Å². The molecule has 0 aromatic heterocycles. The van der Waals surface area contributed by atoms with E-state index in [9.17, 15) is 4.79 Å². The molecule has 0 atom stereocenters. The molecule has 0 radical (unpaired) electrons. The first-order valence-corrected chi connectivity index (χ1v) is 11.6. The molecule has 5 heteroatoms. The highest BCUT2D eigenvalue weighted by Gasteiger charge is 2.18. The van der Waals surface area contributed by atoms with Crippen molar-refractivity contribution in [2.24, 2.45) is 0 Å². The van der Waals surface area contributed by atoms with Gasteiger partial charge in [-0.05, 0) is 60.8 Å². The number of ether oxygens (including phenoxy) is 2. The SMILES string of the molecule is CN(CCOc1cccc(CNC(=O)c2ccc(-c3ccccc3)cc2)c1)C1CCOCC1. The predicted octanol–water partition coefficient (Wildman–Crippen LogP) is 4.77. The molecule has 0 aliphatic carbocycles. The number of amides is 1. The van der Waals surface area contributed by atoms with E-state index in [0.29, 0.717) is 24.8 Å². The highest BCUT2D eigenvalue weighted by Crippen LogP contribution is 2.19. The van der Waals surface area contributed by atoms with Crippen molar-refractivity contribution < 1.29 is 14.3 Å². The monoisotopic (exact) mass is 444 g/mol. The van der Waals surface area contributed by atoms with Crippen LogP contribution < -0.4 is 10.1 Å². The van der Waals surface area contributed by atoms with Gasteiger partial charge in [-0.1, -0.05) is 54.6 Å². The van der Waals surface area contributed by atoms with Crippen LogP contribution in [-0.2, 0) is 11.3 Å². The van der Waals surface area contributed by atoms with Crippen molar-refractivity contribution in [3.63, 3.8) is 0 Å². The summed E-state index contributed by atoms with van der Waals surface area (Å²) < 4.78 is 11.4. The standard InChI is InChI=1S/C28H32N2O3/c1-30(26-14-17-32-18-15-26)16-19-33-27-9-5-6-22(20-27)21-29-28(31)25-12-10-24(11-13-25)23-7-3-2-4-8-23/h2-13,20,26H,14-19,21H2,1H3,(H,29,31). The summed E-state index contributed by atoms with van der Waals surface area (Å²) in [6.07, 6.45) is 2.17. The quantitative estimate of drug-likeness (QED) is 0.516. The van der Waals surface area contributed by atoms with Gasteiger partial charge in [-0.3, -0.25) is 9.69 Å². The number of hydrogen-bond donors (Lipinski definition) is 1. The Kier molecular flexibility index (Phi) is 8.12. The molecule has 4 rings (SSSR count). The van der Waals surface area contributed by atoms with Crippen LogP contribution in [0.1, 0.15) is 28.8 Å². The molecule has 1 saturated heterocycles. The van der Waals surface area contributed by atoms with Crippen LogP contribution in [-0.4, -0.2) is 50.3 Å². The lowest BCUT2D eigenvalue weighted by atomic mass is 10.0. The number of nitrogens with one attached hydrogen (secondary N) is 1. The molecule has 1 heterocycles. The van der Waals surface area contributed by atoms with Gasteiger partial charge >= 0.3 is 0 Å². The van der Waals surface area contributed by atoms with Crippen LogP contribution in [0.15, 0.2) is 78.9 Å². The zero-order chi connectivity index (χ0) is 22.9. The van der Waals surface area contributed by atoms with Gasteiger partial charge in [-0.15, -0.1) is 0 Å². The summed E-state index contributed by atoms with van der Waals surface area (Å²) in [6, 6.07) is 26.3. The predicted molar refractivity (Wildman–Crippen MR) is 131 cm³/mol. The summed E-state index contributed by atoms with van der Waals surface area (Å²) >= 11 is 0. The van der Waals surface area contributed by atoms with Gasteiger partial charge in [0.15, 0.2) is 0 Å². The van der Waals surface area contributed by atoms with Crippen molar-refractivity contribution in [2.45, 2.75) is 25.4 Å².